The summed E-state index contributed by atoms with van der Waals surface area (Å²) >= 11 is 0. The molecule has 0 unspecified atom stereocenters. The Bertz CT molecular complexity index is 708. The summed E-state index contributed by atoms with van der Waals surface area (Å²) in [7, 11) is 1.67. The molecule has 0 saturated carbocycles. The molecule has 1 aromatic heterocycles. The lowest BCUT2D eigenvalue weighted by atomic mass is 10.2. The SMILES string of the molecule is COc1cccc(CNc2ccnc(OCCOCCN3CCOCC3)c2)c1. The summed E-state index contributed by atoms with van der Waals surface area (Å²) in [5.74, 6) is 1.44. The van der Waals surface area contributed by atoms with Crippen molar-refractivity contribution in [1.29, 1.82) is 0 Å². The van der Waals surface area contributed by atoms with Crippen LogP contribution >= 0.6 is 0 Å². The summed E-state index contributed by atoms with van der Waals surface area (Å²) in [6.07, 6.45) is 1.74. The van der Waals surface area contributed by atoms with Crippen LogP contribution in [-0.4, -0.2) is 69.7 Å². The van der Waals surface area contributed by atoms with Gasteiger partial charge in [0.1, 0.15) is 12.4 Å². The minimum atomic E-state index is 0.482. The van der Waals surface area contributed by atoms with Crippen LogP contribution in [0.25, 0.3) is 0 Å². The zero-order valence-corrected chi connectivity index (χ0v) is 16.4. The quantitative estimate of drug-likeness (QED) is 0.594. The number of nitrogens with zero attached hydrogens (tertiary/aromatic N) is 2. The van der Waals surface area contributed by atoms with E-state index in [0.717, 1.165) is 49.8 Å². The highest BCUT2D eigenvalue weighted by atomic mass is 16.5. The van der Waals surface area contributed by atoms with Gasteiger partial charge in [0.05, 0.1) is 33.5 Å². The van der Waals surface area contributed by atoms with E-state index in [1.807, 2.05) is 30.3 Å². The monoisotopic (exact) mass is 387 g/mol. The maximum atomic E-state index is 5.70. The highest BCUT2D eigenvalue weighted by Gasteiger charge is 2.09. The molecular weight excluding hydrogens is 358 g/mol. The van der Waals surface area contributed by atoms with Crippen LogP contribution in [0, 0.1) is 0 Å². The van der Waals surface area contributed by atoms with Gasteiger partial charge in [0.15, 0.2) is 0 Å². The Morgan fingerprint density at radius 2 is 2.00 bits per heavy atom. The van der Waals surface area contributed by atoms with E-state index in [4.69, 9.17) is 18.9 Å². The third-order valence-corrected chi connectivity index (χ3v) is 4.50. The lowest BCUT2D eigenvalue weighted by Crippen LogP contribution is -2.38. The van der Waals surface area contributed by atoms with Gasteiger partial charge in [-0.05, 0) is 23.8 Å². The summed E-state index contributed by atoms with van der Waals surface area (Å²) in [6, 6.07) is 11.8. The van der Waals surface area contributed by atoms with Crippen LogP contribution in [0.5, 0.6) is 11.6 Å². The fraction of sp³-hybridized carbons (Fsp3) is 0.476. The first kappa shape index (κ1) is 20.4. The lowest BCUT2D eigenvalue weighted by molar-refractivity contribution is 0.0168. The van der Waals surface area contributed by atoms with E-state index < -0.39 is 0 Å². The molecule has 2 heterocycles. The van der Waals surface area contributed by atoms with Crippen LogP contribution in [0.2, 0.25) is 0 Å². The van der Waals surface area contributed by atoms with Crippen LogP contribution < -0.4 is 14.8 Å². The minimum Gasteiger partial charge on any atom is -0.497 e. The van der Waals surface area contributed by atoms with Gasteiger partial charge in [0.25, 0.3) is 0 Å². The second-order valence-corrected chi connectivity index (χ2v) is 6.50. The molecule has 0 radical (unpaired) electrons. The second-order valence-electron chi connectivity index (χ2n) is 6.50. The fourth-order valence-electron chi connectivity index (χ4n) is 2.91. The van der Waals surface area contributed by atoms with Gasteiger partial charge in [0, 0.05) is 44.1 Å². The highest BCUT2D eigenvalue weighted by molar-refractivity contribution is 5.46. The van der Waals surface area contributed by atoms with E-state index >= 15 is 0 Å². The zero-order chi connectivity index (χ0) is 19.4. The zero-order valence-electron chi connectivity index (χ0n) is 16.4. The lowest BCUT2D eigenvalue weighted by Gasteiger charge is -2.26. The molecule has 1 fully saturated rings. The average Bonchev–Trinajstić information content (AvgIpc) is 2.76. The van der Waals surface area contributed by atoms with E-state index in [1.165, 1.54) is 0 Å². The highest BCUT2D eigenvalue weighted by Crippen LogP contribution is 2.17. The molecule has 0 spiro atoms. The maximum Gasteiger partial charge on any atom is 0.215 e. The number of methoxy groups -OCH3 is 1. The maximum absolute atomic E-state index is 5.70. The Balaban J connectivity index is 1.33. The predicted molar refractivity (Wildman–Crippen MR) is 108 cm³/mol. The second kappa shape index (κ2) is 11.5. The van der Waals surface area contributed by atoms with Gasteiger partial charge in [-0.25, -0.2) is 4.98 Å². The van der Waals surface area contributed by atoms with Crippen LogP contribution in [0.1, 0.15) is 5.56 Å². The molecule has 2 aromatic rings. The van der Waals surface area contributed by atoms with Crippen LogP contribution in [-0.2, 0) is 16.0 Å². The van der Waals surface area contributed by atoms with Crippen molar-refractivity contribution in [1.82, 2.24) is 9.88 Å². The number of morpholine rings is 1. The molecule has 1 aliphatic heterocycles. The summed E-state index contributed by atoms with van der Waals surface area (Å²) < 4.78 is 21.9. The number of anilines is 1. The van der Waals surface area contributed by atoms with E-state index in [1.54, 1.807) is 13.3 Å². The normalized spacial score (nSPS) is 14.6. The van der Waals surface area contributed by atoms with Crippen molar-refractivity contribution < 1.29 is 18.9 Å². The van der Waals surface area contributed by atoms with Crippen molar-refractivity contribution in [3.05, 3.63) is 48.2 Å². The number of nitrogens with one attached hydrogen (secondary N) is 1. The third-order valence-electron chi connectivity index (χ3n) is 4.50. The fourth-order valence-corrected chi connectivity index (χ4v) is 2.91. The smallest absolute Gasteiger partial charge is 0.215 e. The molecule has 0 amide bonds. The van der Waals surface area contributed by atoms with Gasteiger partial charge < -0.3 is 24.3 Å². The molecule has 152 valence electrons. The molecule has 7 nitrogen and oxygen atoms in total. The number of rotatable bonds is 11. The van der Waals surface area contributed by atoms with E-state index in [0.29, 0.717) is 32.2 Å². The third kappa shape index (κ3) is 6.99. The van der Waals surface area contributed by atoms with Gasteiger partial charge in [-0.1, -0.05) is 12.1 Å². The van der Waals surface area contributed by atoms with E-state index in [2.05, 4.69) is 21.3 Å². The van der Waals surface area contributed by atoms with Gasteiger partial charge >= 0.3 is 0 Å². The molecule has 0 atom stereocenters. The number of aromatic nitrogens is 1. The Morgan fingerprint density at radius 1 is 1.11 bits per heavy atom. The molecule has 1 saturated heterocycles. The average molecular weight is 387 g/mol. The topological polar surface area (TPSA) is 65.1 Å². The molecule has 0 bridgehead atoms. The van der Waals surface area contributed by atoms with Crippen molar-refractivity contribution in [3.8, 4) is 11.6 Å². The first-order chi connectivity index (χ1) is 13.8. The Hall–Kier alpha value is -2.35. The van der Waals surface area contributed by atoms with Gasteiger partial charge in [-0.2, -0.15) is 0 Å². The van der Waals surface area contributed by atoms with Gasteiger partial charge in [-0.3, -0.25) is 4.90 Å². The standard InChI is InChI=1S/C21H29N3O4/c1-25-20-4-2-3-18(15-20)17-23-19-5-6-22-21(16-19)28-14-13-27-12-9-24-7-10-26-11-8-24/h2-6,15-16H,7-14,17H2,1H3,(H,22,23). The van der Waals surface area contributed by atoms with E-state index in [9.17, 15) is 0 Å². The van der Waals surface area contributed by atoms with Gasteiger partial charge in [-0.15, -0.1) is 0 Å². The van der Waals surface area contributed by atoms with Crippen LogP contribution in [0.4, 0.5) is 5.69 Å². The molecule has 3 rings (SSSR count). The first-order valence-electron chi connectivity index (χ1n) is 9.67. The largest absolute Gasteiger partial charge is 0.497 e. The predicted octanol–water partition coefficient (Wildman–Crippen LogP) is 2.43. The summed E-state index contributed by atoms with van der Waals surface area (Å²) in [6.45, 7) is 6.98. The molecule has 1 N–H and O–H groups in total. The summed E-state index contributed by atoms with van der Waals surface area (Å²) in [5.41, 5.74) is 2.10. The van der Waals surface area contributed by atoms with Crippen molar-refractivity contribution in [2.24, 2.45) is 0 Å². The van der Waals surface area contributed by atoms with Crippen LogP contribution in [0.3, 0.4) is 0 Å². The number of hydrogen-bond acceptors (Lipinski definition) is 7. The summed E-state index contributed by atoms with van der Waals surface area (Å²) in [5, 5.41) is 3.38. The van der Waals surface area contributed by atoms with Crippen molar-refractivity contribution in [2.45, 2.75) is 6.54 Å². The Labute approximate surface area is 166 Å². The van der Waals surface area contributed by atoms with Crippen molar-refractivity contribution in [3.63, 3.8) is 0 Å². The number of benzene rings is 1. The van der Waals surface area contributed by atoms with Crippen molar-refractivity contribution in [2.75, 3.05) is 65.1 Å². The molecular formula is C21H29N3O4. The first-order valence-corrected chi connectivity index (χ1v) is 9.67. The van der Waals surface area contributed by atoms with E-state index in [-0.39, 0.29) is 0 Å². The Morgan fingerprint density at radius 3 is 2.86 bits per heavy atom. The molecule has 1 aromatic carbocycles. The Kier molecular flexibility index (Phi) is 8.36. The minimum absolute atomic E-state index is 0.482. The molecule has 7 heteroatoms. The molecule has 1 aliphatic rings. The molecule has 0 aliphatic carbocycles. The van der Waals surface area contributed by atoms with Gasteiger partial charge in [0.2, 0.25) is 5.88 Å². The molecule has 28 heavy (non-hydrogen) atoms. The number of pyridine rings is 1. The summed E-state index contributed by atoms with van der Waals surface area (Å²) in [4.78, 5) is 6.60. The van der Waals surface area contributed by atoms with Crippen LogP contribution in [0.15, 0.2) is 42.6 Å². The van der Waals surface area contributed by atoms with Crippen molar-refractivity contribution >= 4 is 5.69 Å². The number of hydrogen-bond donors (Lipinski definition) is 1. The number of ether oxygens (including phenoxy) is 4.